The van der Waals surface area contributed by atoms with E-state index < -0.39 is 0 Å². The molecule has 8 aromatic rings. The number of benzene rings is 8. The lowest BCUT2D eigenvalue weighted by Crippen LogP contribution is -2.34. The molecule has 0 aromatic heterocycles. The van der Waals surface area contributed by atoms with Gasteiger partial charge in [-0.2, -0.15) is 0 Å². The van der Waals surface area contributed by atoms with Crippen LogP contribution in [-0.4, -0.2) is 6.04 Å². The summed E-state index contributed by atoms with van der Waals surface area (Å²) in [5, 5.41) is 15.4. The number of nitrogens with zero attached hydrogens (tertiary/aromatic N) is 1. The van der Waals surface area contributed by atoms with Crippen LogP contribution in [0.3, 0.4) is 0 Å². The van der Waals surface area contributed by atoms with Crippen LogP contribution < -0.4 is 20.9 Å². The molecule has 240 valence electrons. The number of rotatable bonds is 4. The van der Waals surface area contributed by atoms with Crippen molar-refractivity contribution < 1.29 is 0 Å². The highest BCUT2D eigenvalue weighted by Crippen LogP contribution is 2.58. The third kappa shape index (κ3) is 4.62. The van der Waals surface area contributed by atoms with Gasteiger partial charge in [0.15, 0.2) is 0 Å². The molecule has 1 aliphatic heterocycles. The summed E-state index contributed by atoms with van der Waals surface area (Å²) >= 11 is 0. The molecule has 1 nitrogen and oxygen atoms in total. The number of fused-ring (bicyclic) bond motifs is 5. The maximum Gasteiger partial charge on any atom is -0.000741 e. The first-order valence-electron chi connectivity index (χ1n) is 17.8. The molecule has 0 N–H and O–H groups in total. The molecule has 1 heteroatoms. The minimum atomic E-state index is -0.0871. The van der Waals surface area contributed by atoms with Gasteiger partial charge in [0.2, 0.25) is 0 Å². The van der Waals surface area contributed by atoms with E-state index in [4.69, 9.17) is 5.32 Å². The third-order valence-corrected chi connectivity index (χ3v) is 10.7. The van der Waals surface area contributed by atoms with Crippen LogP contribution in [0.4, 0.5) is 0 Å². The number of hydrogen-bond acceptors (Lipinski definition) is 0. The van der Waals surface area contributed by atoms with Gasteiger partial charge >= 0.3 is 0 Å². The Morgan fingerprint density at radius 2 is 1.00 bits per heavy atom. The highest BCUT2D eigenvalue weighted by atomic mass is 14.9. The first-order chi connectivity index (χ1) is 25.3. The topological polar surface area (TPSA) is 14.1 Å². The Morgan fingerprint density at radius 3 is 1.69 bits per heavy atom. The maximum absolute atomic E-state index is 5.51. The SMILES string of the molecule is C/C=c1/cccc/c1=C\C1C=c2ccccc2=C(c2ccc3c4c(cccc24)-c2c-3c(-c3ccccc3)c3ccccc3c2-c2ccccc2)[N-]1. The van der Waals surface area contributed by atoms with Gasteiger partial charge in [-0.15, -0.1) is 5.70 Å². The zero-order valence-electron chi connectivity index (χ0n) is 28.3. The van der Waals surface area contributed by atoms with Crippen molar-refractivity contribution in [2.75, 3.05) is 0 Å². The summed E-state index contributed by atoms with van der Waals surface area (Å²) in [4.78, 5) is 0. The largest absolute Gasteiger partial charge is 0.674 e. The Bertz CT molecular complexity index is 2840. The second-order valence-electron chi connectivity index (χ2n) is 13.5. The van der Waals surface area contributed by atoms with Crippen molar-refractivity contribution in [2.24, 2.45) is 0 Å². The van der Waals surface area contributed by atoms with Gasteiger partial charge in [-0.1, -0.05) is 188 Å². The monoisotopic (exact) mass is 648 g/mol. The highest BCUT2D eigenvalue weighted by molar-refractivity contribution is 6.28. The molecule has 8 aromatic carbocycles. The molecule has 0 saturated heterocycles. The Morgan fingerprint density at radius 1 is 0.451 bits per heavy atom. The number of hydrogen-bond donors (Lipinski definition) is 0. The van der Waals surface area contributed by atoms with Crippen molar-refractivity contribution in [2.45, 2.75) is 13.0 Å². The summed E-state index contributed by atoms with van der Waals surface area (Å²) in [6, 6.07) is 59.6. The summed E-state index contributed by atoms with van der Waals surface area (Å²) in [6.45, 7) is 2.10. The van der Waals surface area contributed by atoms with Gasteiger partial charge in [0.1, 0.15) is 0 Å². The fourth-order valence-electron chi connectivity index (χ4n) is 8.52. The molecule has 10 rings (SSSR count). The lowest BCUT2D eigenvalue weighted by Gasteiger charge is -2.35. The lowest BCUT2D eigenvalue weighted by atomic mass is 9.82. The van der Waals surface area contributed by atoms with Crippen LogP contribution in [0.25, 0.3) is 95.3 Å². The van der Waals surface area contributed by atoms with Gasteiger partial charge in [-0.05, 0) is 99.4 Å². The van der Waals surface area contributed by atoms with E-state index in [0.717, 1.165) is 5.70 Å². The van der Waals surface area contributed by atoms with Crippen molar-refractivity contribution in [3.63, 3.8) is 0 Å². The summed E-state index contributed by atoms with van der Waals surface area (Å²) in [5.41, 5.74) is 12.5. The fraction of sp³-hybridized carbons (Fsp3) is 0.0400. The summed E-state index contributed by atoms with van der Waals surface area (Å²) in [5.74, 6) is 0. The van der Waals surface area contributed by atoms with E-state index in [9.17, 15) is 0 Å². The molecule has 2 aliphatic rings. The molecule has 0 saturated carbocycles. The van der Waals surface area contributed by atoms with E-state index in [1.54, 1.807) is 0 Å². The van der Waals surface area contributed by atoms with Crippen molar-refractivity contribution >= 4 is 45.5 Å². The zero-order chi connectivity index (χ0) is 33.9. The Balaban J connectivity index is 1.28. The average molecular weight is 649 g/mol. The van der Waals surface area contributed by atoms with Crippen LogP contribution in [0.15, 0.2) is 164 Å². The molecule has 1 heterocycles. The second-order valence-corrected chi connectivity index (χ2v) is 13.5. The molecule has 0 amide bonds. The first-order valence-corrected chi connectivity index (χ1v) is 17.8. The summed E-state index contributed by atoms with van der Waals surface area (Å²) in [7, 11) is 0. The van der Waals surface area contributed by atoms with Gasteiger partial charge in [0, 0.05) is 0 Å². The van der Waals surface area contributed by atoms with Crippen LogP contribution in [0.5, 0.6) is 0 Å². The fourth-order valence-corrected chi connectivity index (χ4v) is 8.52. The predicted molar refractivity (Wildman–Crippen MR) is 217 cm³/mol. The van der Waals surface area contributed by atoms with Crippen molar-refractivity contribution in [1.82, 2.24) is 0 Å². The van der Waals surface area contributed by atoms with Crippen LogP contribution >= 0.6 is 0 Å². The minimum Gasteiger partial charge on any atom is -0.674 e. The van der Waals surface area contributed by atoms with E-state index in [0.29, 0.717) is 0 Å². The van der Waals surface area contributed by atoms with E-state index in [2.05, 4.69) is 189 Å². The molecule has 0 bridgehead atoms. The molecule has 0 spiro atoms. The van der Waals surface area contributed by atoms with Crippen LogP contribution in [0.1, 0.15) is 12.5 Å². The Hall–Kier alpha value is -6.44. The molecule has 51 heavy (non-hydrogen) atoms. The minimum absolute atomic E-state index is 0.0871. The van der Waals surface area contributed by atoms with Gasteiger partial charge < -0.3 is 5.32 Å². The van der Waals surface area contributed by atoms with Crippen LogP contribution in [0, 0.1) is 0 Å². The lowest BCUT2D eigenvalue weighted by molar-refractivity contribution is 1.24. The molecule has 0 radical (unpaired) electrons. The normalized spacial score (nSPS) is 15.1. The van der Waals surface area contributed by atoms with Crippen molar-refractivity contribution in [1.29, 1.82) is 0 Å². The quantitative estimate of drug-likeness (QED) is 0.180. The molecular formula is C50H34N-. The van der Waals surface area contributed by atoms with Crippen LogP contribution in [0.2, 0.25) is 0 Å². The van der Waals surface area contributed by atoms with E-state index in [1.807, 2.05) is 0 Å². The molecule has 1 unspecified atom stereocenters. The van der Waals surface area contributed by atoms with E-state index >= 15 is 0 Å². The van der Waals surface area contributed by atoms with Gasteiger partial charge in [0.25, 0.3) is 0 Å². The van der Waals surface area contributed by atoms with Gasteiger partial charge in [0.05, 0.1) is 0 Å². The van der Waals surface area contributed by atoms with Crippen molar-refractivity contribution in [3.05, 3.63) is 196 Å². The van der Waals surface area contributed by atoms with Crippen molar-refractivity contribution in [3.8, 4) is 44.5 Å². The summed E-state index contributed by atoms with van der Waals surface area (Å²) < 4.78 is 0. The Kier molecular flexibility index (Phi) is 6.85. The molecule has 1 aliphatic carbocycles. The predicted octanol–water partition coefficient (Wildman–Crippen LogP) is 9.95. The average Bonchev–Trinajstić information content (AvgIpc) is 3.52. The maximum atomic E-state index is 5.51. The second kappa shape index (κ2) is 11.9. The summed E-state index contributed by atoms with van der Waals surface area (Å²) in [6.07, 6.45) is 6.76. The van der Waals surface area contributed by atoms with Gasteiger partial charge in [-0.3, -0.25) is 0 Å². The molecule has 1 atom stereocenters. The smallest absolute Gasteiger partial charge is 0.000741 e. The first kappa shape index (κ1) is 29.5. The molecule has 0 fully saturated rings. The zero-order valence-corrected chi connectivity index (χ0v) is 28.3. The van der Waals surface area contributed by atoms with E-state index in [-0.39, 0.29) is 6.04 Å². The van der Waals surface area contributed by atoms with E-state index in [1.165, 1.54) is 92.5 Å². The highest BCUT2D eigenvalue weighted by Gasteiger charge is 2.31. The standard InChI is InChI=1S/C50H34N/c1-2-32-16-9-10-21-35(32)30-37-31-36-22-11-12-23-38(36)50(51-37)42-28-29-44-47-41(42)26-15-27-43(47)48-45(33-17-5-3-6-18-33)39-24-13-14-25-40(39)46(49(44)48)34-19-7-4-8-20-34/h2-31,37H,1H3/q-1/b32-2-,35-30+. The third-order valence-electron chi connectivity index (χ3n) is 10.7. The molecular weight excluding hydrogens is 615 g/mol. The Labute approximate surface area is 297 Å². The van der Waals surface area contributed by atoms with Gasteiger partial charge in [-0.25, -0.2) is 0 Å². The van der Waals surface area contributed by atoms with Crippen LogP contribution in [-0.2, 0) is 0 Å².